The van der Waals surface area contributed by atoms with Crippen molar-refractivity contribution in [1.29, 1.82) is 0 Å². The minimum absolute atomic E-state index is 0.500. The van der Waals surface area contributed by atoms with Gasteiger partial charge in [0.25, 0.3) is 0 Å². The lowest BCUT2D eigenvalue weighted by atomic mass is 9.75. The Bertz CT molecular complexity index is 859. The molecule has 1 fully saturated rings. The largest absolute Gasteiger partial charge is 0.345 e. The number of rotatable bonds is 5. The van der Waals surface area contributed by atoms with E-state index in [2.05, 4.69) is 77.7 Å². The number of imidazole rings is 1. The van der Waals surface area contributed by atoms with Crippen molar-refractivity contribution in [3.05, 3.63) is 66.5 Å². The summed E-state index contributed by atoms with van der Waals surface area (Å²) in [6.07, 6.45) is 8.88. The summed E-state index contributed by atoms with van der Waals surface area (Å²) in [5, 5.41) is 3.77. The number of alkyl halides is 1. The van der Waals surface area contributed by atoms with Gasteiger partial charge in [-0.3, -0.25) is 4.39 Å². The van der Waals surface area contributed by atoms with Crippen LogP contribution in [-0.2, 0) is 6.54 Å². The Morgan fingerprint density at radius 3 is 2.34 bits per heavy atom. The average molecular weight is 394 g/mol. The molecule has 29 heavy (non-hydrogen) atoms. The molecule has 0 atom stereocenters. The second kappa shape index (κ2) is 9.84. The third kappa shape index (κ3) is 5.77. The molecular formula is C25H32FN3. The molecule has 3 aromatic rings. The van der Waals surface area contributed by atoms with E-state index >= 15 is 0 Å². The number of H-pyrrole nitrogens is 1. The fraction of sp³-hybridized carbons (Fsp3) is 0.400. The first kappa shape index (κ1) is 21.3. The Hall–Kier alpha value is -2.46. The van der Waals surface area contributed by atoms with E-state index in [1.165, 1.54) is 42.4 Å². The molecule has 1 aliphatic carbocycles. The maximum atomic E-state index is 9.50. The van der Waals surface area contributed by atoms with Crippen LogP contribution in [-0.4, -0.2) is 23.2 Å². The average Bonchev–Trinajstić information content (AvgIpc) is 3.30. The summed E-state index contributed by atoms with van der Waals surface area (Å²) in [4.78, 5) is 7.47. The summed E-state index contributed by atoms with van der Waals surface area (Å²) >= 11 is 0. The highest BCUT2D eigenvalue weighted by atomic mass is 19.1. The number of benzene rings is 2. The zero-order chi connectivity index (χ0) is 20.7. The zero-order valence-electron chi connectivity index (χ0n) is 17.7. The molecule has 4 rings (SSSR count). The zero-order valence-corrected chi connectivity index (χ0v) is 17.7. The second-order valence-electron chi connectivity index (χ2n) is 8.53. The standard InChI is InChI=1S/C24H29N3.CH3F/c1-24(2)12-10-22(11-13-24)27-17-18-4-3-5-21(16-18)19-6-8-20(9-7-19)23-25-14-15-26-23;1-2/h3-9,14-16,22,27H,10-13,17H2,1-2H3,(H,25,26);1H3. The molecule has 0 aliphatic heterocycles. The molecule has 4 heteroatoms. The van der Waals surface area contributed by atoms with E-state index in [9.17, 15) is 4.39 Å². The Morgan fingerprint density at radius 1 is 1.00 bits per heavy atom. The molecule has 1 heterocycles. The van der Waals surface area contributed by atoms with Crippen molar-refractivity contribution in [3.8, 4) is 22.5 Å². The molecule has 1 saturated carbocycles. The van der Waals surface area contributed by atoms with E-state index < -0.39 is 0 Å². The molecule has 3 nitrogen and oxygen atoms in total. The van der Waals surface area contributed by atoms with E-state index in [-0.39, 0.29) is 0 Å². The van der Waals surface area contributed by atoms with Crippen LogP contribution in [0.5, 0.6) is 0 Å². The van der Waals surface area contributed by atoms with Crippen LogP contribution >= 0.6 is 0 Å². The molecule has 1 aliphatic rings. The molecule has 0 spiro atoms. The first-order valence-corrected chi connectivity index (χ1v) is 10.4. The Kier molecular flexibility index (Phi) is 7.21. The van der Waals surface area contributed by atoms with Crippen molar-refractivity contribution in [2.45, 2.75) is 52.1 Å². The van der Waals surface area contributed by atoms with Crippen molar-refractivity contribution in [2.75, 3.05) is 7.18 Å². The summed E-state index contributed by atoms with van der Waals surface area (Å²) < 4.78 is 9.50. The summed E-state index contributed by atoms with van der Waals surface area (Å²) in [6.45, 7) is 5.73. The quantitative estimate of drug-likeness (QED) is 0.527. The van der Waals surface area contributed by atoms with Gasteiger partial charge in [0, 0.05) is 30.5 Å². The highest BCUT2D eigenvalue weighted by Crippen LogP contribution is 2.35. The lowest BCUT2D eigenvalue weighted by molar-refractivity contribution is 0.206. The topological polar surface area (TPSA) is 40.7 Å². The lowest BCUT2D eigenvalue weighted by Crippen LogP contribution is -2.35. The lowest BCUT2D eigenvalue weighted by Gasteiger charge is -2.34. The number of halogens is 1. The van der Waals surface area contributed by atoms with Gasteiger partial charge in [0.15, 0.2) is 0 Å². The highest BCUT2D eigenvalue weighted by Gasteiger charge is 2.26. The predicted octanol–water partition coefficient (Wildman–Crippen LogP) is 6.39. The number of aromatic nitrogens is 2. The number of aromatic amines is 1. The van der Waals surface area contributed by atoms with Gasteiger partial charge in [0.1, 0.15) is 5.82 Å². The van der Waals surface area contributed by atoms with E-state index in [4.69, 9.17) is 0 Å². The molecule has 2 N–H and O–H groups in total. The first-order chi connectivity index (χ1) is 14.1. The van der Waals surface area contributed by atoms with Crippen LogP contribution in [0.3, 0.4) is 0 Å². The first-order valence-electron chi connectivity index (χ1n) is 10.4. The molecule has 0 saturated heterocycles. The van der Waals surface area contributed by atoms with E-state index in [0.29, 0.717) is 18.6 Å². The van der Waals surface area contributed by atoms with Gasteiger partial charge < -0.3 is 10.3 Å². The number of hydrogen-bond acceptors (Lipinski definition) is 2. The molecule has 0 radical (unpaired) electrons. The maximum absolute atomic E-state index is 9.50. The third-order valence-corrected chi connectivity index (χ3v) is 5.85. The summed E-state index contributed by atoms with van der Waals surface area (Å²) in [5.74, 6) is 0.912. The van der Waals surface area contributed by atoms with Crippen molar-refractivity contribution in [1.82, 2.24) is 15.3 Å². The van der Waals surface area contributed by atoms with E-state index in [0.717, 1.165) is 17.9 Å². The molecule has 0 amide bonds. The van der Waals surface area contributed by atoms with Crippen LogP contribution in [0.25, 0.3) is 22.5 Å². The van der Waals surface area contributed by atoms with Crippen LogP contribution in [0.1, 0.15) is 45.1 Å². The number of nitrogens with one attached hydrogen (secondary N) is 2. The Balaban J connectivity index is 0.00000117. The summed E-state index contributed by atoms with van der Waals surface area (Å²) in [7, 11) is 0.500. The molecule has 2 aromatic carbocycles. The molecular weight excluding hydrogens is 361 g/mol. The minimum atomic E-state index is 0.500. The van der Waals surface area contributed by atoms with Crippen molar-refractivity contribution in [3.63, 3.8) is 0 Å². The Labute approximate surface area is 173 Å². The predicted molar refractivity (Wildman–Crippen MR) is 119 cm³/mol. The van der Waals surface area contributed by atoms with Crippen LogP contribution in [0.4, 0.5) is 4.39 Å². The highest BCUT2D eigenvalue weighted by molar-refractivity contribution is 5.68. The number of nitrogens with zero attached hydrogens (tertiary/aromatic N) is 1. The van der Waals surface area contributed by atoms with Gasteiger partial charge in [0.05, 0.1) is 7.18 Å². The van der Waals surface area contributed by atoms with E-state index in [1.807, 2.05) is 6.20 Å². The Morgan fingerprint density at radius 2 is 1.69 bits per heavy atom. The summed E-state index contributed by atoms with van der Waals surface area (Å²) in [5.41, 5.74) is 5.51. The summed E-state index contributed by atoms with van der Waals surface area (Å²) in [6, 6.07) is 18.1. The van der Waals surface area contributed by atoms with Gasteiger partial charge in [-0.2, -0.15) is 0 Å². The normalized spacial score (nSPS) is 16.1. The molecule has 154 valence electrons. The van der Waals surface area contributed by atoms with Gasteiger partial charge in [-0.05, 0) is 53.9 Å². The van der Waals surface area contributed by atoms with Gasteiger partial charge in [-0.15, -0.1) is 0 Å². The fourth-order valence-corrected chi connectivity index (χ4v) is 3.97. The SMILES string of the molecule is CC1(C)CCC(NCc2cccc(-c3ccc(-c4ncc[nH]4)cc3)c2)CC1.CF. The van der Waals surface area contributed by atoms with Gasteiger partial charge in [-0.25, -0.2) is 4.98 Å². The maximum Gasteiger partial charge on any atom is 0.137 e. The monoisotopic (exact) mass is 393 g/mol. The van der Waals surface area contributed by atoms with Gasteiger partial charge in [0.2, 0.25) is 0 Å². The van der Waals surface area contributed by atoms with Crippen molar-refractivity contribution in [2.24, 2.45) is 5.41 Å². The van der Waals surface area contributed by atoms with E-state index in [1.54, 1.807) is 6.20 Å². The van der Waals surface area contributed by atoms with Crippen molar-refractivity contribution < 1.29 is 4.39 Å². The van der Waals surface area contributed by atoms with Gasteiger partial charge in [-0.1, -0.05) is 56.3 Å². The molecule has 0 bridgehead atoms. The second-order valence-corrected chi connectivity index (χ2v) is 8.53. The molecule has 1 aromatic heterocycles. The van der Waals surface area contributed by atoms with Crippen LogP contribution in [0.2, 0.25) is 0 Å². The van der Waals surface area contributed by atoms with Crippen LogP contribution in [0.15, 0.2) is 60.9 Å². The minimum Gasteiger partial charge on any atom is -0.345 e. The van der Waals surface area contributed by atoms with Gasteiger partial charge >= 0.3 is 0 Å². The van der Waals surface area contributed by atoms with Crippen LogP contribution in [0, 0.1) is 5.41 Å². The number of hydrogen-bond donors (Lipinski definition) is 2. The van der Waals surface area contributed by atoms with Crippen molar-refractivity contribution >= 4 is 0 Å². The van der Waals surface area contributed by atoms with Crippen LogP contribution < -0.4 is 5.32 Å². The molecule has 0 unspecified atom stereocenters. The smallest absolute Gasteiger partial charge is 0.137 e. The fourth-order valence-electron chi connectivity index (χ4n) is 3.97. The third-order valence-electron chi connectivity index (χ3n) is 5.85.